The summed E-state index contributed by atoms with van der Waals surface area (Å²) in [6.45, 7) is 11.7. The van der Waals surface area contributed by atoms with E-state index in [-0.39, 0.29) is 23.2 Å². The van der Waals surface area contributed by atoms with E-state index in [1.165, 1.54) is 64.2 Å². The highest BCUT2D eigenvalue weighted by Crippen LogP contribution is 2.58. The van der Waals surface area contributed by atoms with Gasteiger partial charge in [-0.1, -0.05) is 141 Å². The van der Waals surface area contributed by atoms with Crippen LogP contribution in [0.15, 0.2) is 48.6 Å². The van der Waals surface area contributed by atoms with Crippen molar-refractivity contribution in [2.24, 2.45) is 28.6 Å². The van der Waals surface area contributed by atoms with Crippen LogP contribution < -0.4 is 0 Å². The predicted molar refractivity (Wildman–Crippen MR) is 216 cm³/mol. The molecule has 1 aliphatic carbocycles. The zero-order chi connectivity index (χ0) is 36.9. The average Bonchev–Trinajstić information content (AvgIpc) is 3.08. The van der Waals surface area contributed by atoms with E-state index < -0.39 is 11.9 Å². The zero-order valence-electron chi connectivity index (χ0n) is 33.4. The fourth-order valence-electron chi connectivity index (χ4n) is 8.44. The van der Waals surface area contributed by atoms with Gasteiger partial charge in [0.2, 0.25) is 0 Å². The summed E-state index contributed by atoms with van der Waals surface area (Å²) in [6, 6.07) is 0. The zero-order valence-corrected chi connectivity index (χ0v) is 33.4. The molecule has 0 aromatic rings. The van der Waals surface area contributed by atoms with Crippen LogP contribution in [0.25, 0.3) is 0 Å². The molecule has 1 aliphatic rings. The molecule has 0 spiro atoms. The Morgan fingerprint density at radius 1 is 0.600 bits per heavy atom. The molecule has 2 atom stereocenters. The van der Waals surface area contributed by atoms with Crippen molar-refractivity contribution in [3.05, 3.63) is 48.6 Å². The number of carboxylic acid groups (broad SMARTS) is 2. The van der Waals surface area contributed by atoms with E-state index in [2.05, 4.69) is 83.2 Å². The summed E-state index contributed by atoms with van der Waals surface area (Å²) < 4.78 is 0. The van der Waals surface area contributed by atoms with Gasteiger partial charge in [-0.2, -0.15) is 0 Å². The lowest BCUT2D eigenvalue weighted by molar-refractivity contribution is -0.140. The Labute approximate surface area is 309 Å². The molecule has 0 aromatic heterocycles. The maximum atomic E-state index is 12.1. The van der Waals surface area contributed by atoms with Gasteiger partial charge in [-0.05, 0) is 125 Å². The maximum absolute atomic E-state index is 12.1. The molecular weight excluding hydrogens is 617 g/mol. The smallest absolute Gasteiger partial charge is 0.303 e. The van der Waals surface area contributed by atoms with Crippen molar-refractivity contribution in [1.29, 1.82) is 0 Å². The third-order valence-corrected chi connectivity index (χ3v) is 12.1. The molecule has 0 aromatic carbocycles. The van der Waals surface area contributed by atoms with E-state index in [1.807, 2.05) is 0 Å². The molecule has 4 nitrogen and oxygen atoms in total. The Bertz CT molecular complexity index is 978. The van der Waals surface area contributed by atoms with Gasteiger partial charge < -0.3 is 10.2 Å². The van der Waals surface area contributed by atoms with Gasteiger partial charge in [0.25, 0.3) is 0 Å². The first kappa shape index (κ1) is 45.9. The number of allylic oxidation sites excluding steroid dienone is 8. The monoisotopic (exact) mass is 697 g/mol. The van der Waals surface area contributed by atoms with Crippen molar-refractivity contribution in [2.75, 3.05) is 0 Å². The summed E-state index contributed by atoms with van der Waals surface area (Å²) >= 11 is 0. The molecule has 1 saturated carbocycles. The van der Waals surface area contributed by atoms with Crippen LogP contribution >= 0.6 is 0 Å². The van der Waals surface area contributed by atoms with Crippen molar-refractivity contribution in [3.8, 4) is 0 Å². The van der Waals surface area contributed by atoms with Gasteiger partial charge in [0, 0.05) is 12.8 Å². The second-order valence-electron chi connectivity index (χ2n) is 16.2. The normalized spacial score (nSPS) is 21.3. The van der Waals surface area contributed by atoms with Crippen LogP contribution in [0.3, 0.4) is 0 Å². The first-order valence-electron chi connectivity index (χ1n) is 21.2. The summed E-state index contributed by atoms with van der Waals surface area (Å²) in [7, 11) is 0. The number of hydrogen-bond donors (Lipinski definition) is 2. The Balaban J connectivity index is 2.83. The lowest BCUT2D eigenvalue weighted by Gasteiger charge is -2.53. The Kier molecular flexibility index (Phi) is 26.2. The Morgan fingerprint density at radius 2 is 1.10 bits per heavy atom. The summed E-state index contributed by atoms with van der Waals surface area (Å²) in [5.74, 6) is -0.0417. The molecule has 1 rings (SSSR count). The molecule has 0 aliphatic heterocycles. The van der Waals surface area contributed by atoms with E-state index in [4.69, 9.17) is 5.11 Å². The molecule has 0 bridgehead atoms. The molecule has 50 heavy (non-hydrogen) atoms. The molecule has 0 saturated heterocycles. The van der Waals surface area contributed by atoms with Crippen LogP contribution in [0.4, 0.5) is 0 Å². The van der Waals surface area contributed by atoms with E-state index in [0.717, 1.165) is 89.9 Å². The third-order valence-electron chi connectivity index (χ3n) is 12.1. The Morgan fingerprint density at radius 3 is 1.62 bits per heavy atom. The van der Waals surface area contributed by atoms with Crippen LogP contribution in [0.2, 0.25) is 0 Å². The summed E-state index contributed by atoms with van der Waals surface area (Å²) in [4.78, 5) is 23.1. The number of unbranched alkanes of at least 4 members (excludes halogenated alkanes) is 12. The van der Waals surface area contributed by atoms with Crippen LogP contribution in [-0.4, -0.2) is 22.2 Å². The van der Waals surface area contributed by atoms with Gasteiger partial charge in [-0.15, -0.1) is 0 Å². The van der Waals surface area contributed by atoms with Gasteiger partial charge in [-0.3, -0.25) is 9.59 Å². The van der Waals surface area contributed by atoms with E-state index in [9.17, 15) is 14.7 Å². The second kappa shape index (κ2) is 28.5. The van der Waals surface area contributed by atoms with Crippen molar-refractivity contribution in [3.63, 3.8) is 0 Å². The highest BCUT2D eigenvalue weighted by molar-refractivity contribution is 5.67. The van der Waals surface area contributed by atoms with E-state index >= 15 is 0 Å². The fraction of sp³-hybridized carbons (Fsp3) is 0.783. The molecule has 2 unspecified atom stereocenters. The van der Waals surface area contributed by atoms with Crippen LogP contribution in [0.1, 0.15) is 202 Å². The standard InChI is InChI=1S/C46H80O4/c1-6-8-10-12-14-16-17-18-19-20-22-24-29-33-42(39-44(49)50)45(5)35-37-46(38-36-45,40(3)4)41(32-28-25-26-30-34-43(47)48)31-27-23-21-15-13-11-9-7-2/h14-16,18-19,21,27,31,40-42H,6-13,17,20,22-26,28-30,32-39H2,1-5H3,(H,47,48)(H,49,50)/b16-14-,19-18-,21-15-,31-27-. The van der Waals surface area contributed by atoms with Gasteiger partial charge in [0.15, 0.2) is 0 Å². The number of hydrogen-bond acceptors (Lipinski definition) is 2. The molecule has 0 amide bonds. The van der Waals surface area contributed by atoms with Crippen LogP contribution in [-0.2, 0) is 9.59 Å². The van der Waals surface area contributed by atoms with Crippen molar-refractivity contribution < 1.29 is 19.8 Å². The molecular formula is C46H80O4. The molecule has 0 heterocycles. The minimum absolute atomic E-state index is 0.0759. The van der Waals surface area contributed by atoms with Crippen molar-refractivity contribution in [2.45, 2.75) is 202 Å². The van der Waals surface area contributed by atoms with Crippen LogP contribution in [0, 0.1) is 28.6 Å². The van der Waals surface area contributed by atoms with Gasteiger partial charge in [0.05, 0.1) is 0 Å². The third kappa shape index (κ3) is 20.1. The Hall–Kier alpha value is -2.10. The SMILES string of the molecule is CCCCC/C=C\C/C=C\CCCCCC(CC(=O)O)C1(C)CCC(C(C)C)(C(/C=C\C/C=C\CCCCC)CCCCCCC(=O)O)CC1. The van der Waals surface area contributed by atoms with Crippen LogP contribution in [0.5, 0.6) is 0 Å². The quantitative estimate of drug-likeness (QED) is 0.0559. The lowest BCUT2D eigenvalue weighted by Crippen LogP contribution is -2.44. The highest BCUT2D eigenvalue weighted by atomic mass is 16.4. The number of aliphatic carboxylic acids is 2. The van der Waals surface area contributed by atoms with Gasteiger partial charge >= 0.3 is 11.9 Å². The first-order chi connectivity index (χ1) is 24.1. The topological polar surface area (TPSA) is 74.6 Å². The molecule has 288 valence electrons. The van der Waals surface area contributed by atoms with Crippen molar-refractivity contribution in [1.82, 2.24) is 0 Å². The largest absolute Gasteiger partial charge is 0.481 e. The lowest BCUT2D eigenvalue weighted by atomic mass is 9.52. The maximum Gasteiger partial charge on any atom is 0.303 e. The van der Waals surface area contributed by atoms with E-state index in [0.29, 0.717) is 18.3 Å². The highest BCUT2D eigenvalue weighted by Gasteiger charge is 2.48. The van der Waals surface area contributed by atoms with Crippen molar-refractivity contribution >= 4 is 11.9 Å². The minimum atomic E-state index is -0.692. The van der Waals surface area contributed by atoms with Gasteiger partial charge in [-0.25, -0.2) is 0 Å². The minimum Gasteiger partial charge on any atom is -0.481 e. The second-order valence-corrected chi connectivity index (χ2v) is 16.2. The first-order valence-corrected chi connectivity index (χ1v) is 21.2. The number of carboxylic acids is 2. The molecule has 2 N–H and O–H groups in total. The molecule has 0 radical (unpaired) electrons. The summed E-state index contributed by atoms with van der Waals surface area (Å²) in [5, 5.41) is 19.0. The predicted octanol–water partition coefficient (Wildman–Crippen LogP) is 14.5. The molecule has 1 fully saturated rings. The summed E-state index contributed by atoms with van der Waals surface area (Å²) in [5.41, 5.74) is 0.305. The average molecular weight is 697 g/mol. The fourth-order valence-corrected chi connectivity index (χ4v) is 8.44. The number of rotatable bonds is 31. The van der Waals surface area contributed by atoms with E-state index in [1.54, 1.807) is 0 Å². The molecule has 4 heteroatoms. The van der Waals surface area contributed by atoms with Gasteiger partial charge in [0.1, 0.15) is 0 Å². The summed E-state index contributed by atoms with van der Waals surface area (Å²) in [6.07, 6.45) is 46.8. The number of carbonyl (C=O) groups is 2.